The predicted octanol–water partition coefficient (Wildman–Crippen LogP) is 4.44. The van der Waals surface area contributed by atoms with E-state index in [1.54, 1.807) is 0 Å². The standard InChI is InChI=1S/C17H16BrN3/c18-15-5-1-4-14-8-12-21-17(16(14)15)20-9-2-3-13-6-10-19-11-7-13/h1,4-8,10-12H,2-3,9H2,(H,20,21). The van der Waals surface area contributed by atoms with E-state index in [1.165, 1.54) is 10.9 Å². The number of pyridine rings is 2. The highest BCUT2D eigenvalue weighted by molar-refractivity contribution is 9.10. The molecule has 0 radical (unpaired) electrons. The number of anilines is 1. The molecule has 4 heteroatoms. The van der Waals surface area contributed by atoms with Crippen LogP contribution < -0.4 is 5.32 Å². The summed E-state index contributed by atoms with van der Waals surface area (Å²) in [5.41, 5.74) is 1.32. The number of benzene rings is 1. The molecule has 3 nitrogen and oxygen atoms in total. The lowest BCUT2D eigenvalue weighted by Gasteiger charge is -2.10. The highest BCUT2D eigenvalue weighted by Gasteiger charge is 2.05. The maximum Gasteiger partial charge on any atom is 0.134 e. The van der Waals surface area contributed by atoms with Gasteiger partial charge in [0.05, 0.1) is 0 Å². The fraction of sp³-hybridized carbons (Fsp3) is 0.176. The Morgan fingerprint density at radius 1 is 1.00 bits per heavy atom. The number of nitrogens with zero attached hydrogens (tertiary/aromatic N) is 2. The quantitative estimate of drug-likeness (QED) is 0.697. The van der Waals surface area contributed by atoms with E-state index in [0.717, 1.165) is 35.1 Å². The van der Waals surface area contributed by atoms with Gasteiger partial charge in [0, 0.05) is 35.0 Å². The molecule has 0 atom stereocenters. The Hall–Kier alpha value is -1.94. The fourth-order valence-corrected chi connectivity index (χ4v) is 2.94. The Kier molecular flexibility index (Phi) is 4.46. The second kappa shape index (κ2) is 6.68. The predicted molar refractivity (Wildman–Crippen MR) is 90.5 cm³/mol. The number of hydrogen-bond donors (Lipinski definition) is 1. The Labute approximate surface area is 132 Å². The molecule has 1 aromatic carbocycles. The van der Waals surface area contributed by atoms with E-state index < -0.39 is 0 Å². The maximum absolute atomic E-state index is 4.46. The van der Waals surface area contributed by atoms with Crippen LogP contribution in [0, 0.1) is 0 Å². The minimum absolute atomic E-state index is 0.899. The molecule has 0 saturated heterocycles. The SMILES string of the molecule is Brc1cccc2ccnc(NCCCc3ccncc3)c12. The average Bonchev–Trinajstić information content (AvgIpc) is 2.53. The third-order valence-corrected chi connectivity index (χ3v) is 4.09. The summed E-state index contributed by atoms with van der Waals surface area (Å²) in [6.07, 6.45) is 7.63. The van der Waals surface area contributed by atoms with Crippen molar-refractivity contribution in [3.63, 3.8) is 0 Å². The summed E-state index contributed by atoms with van der Waals surface area (Å²) in [7, 11) is 0. The Bertz CT molecular complexity index is 723. The van der Waals surface area contributed by atoms with Gasteiger partial charge < -0.3 is 5.32 Å². The van der Waals surface area contributed by atoms with Gasteiger partial charge in [0.2, 0.25) is 0 Å². The second-order valence-corrected chi connectivity index (χ2v) is 5.74. The average molecular weight is 342 g/mol. The van der Waals surface area contributed by atoms with Crippen molar-refractivity contribution in [2.45, 2.75) is 12.8 Å². The van der Waals surface area contributed by atoms with Crippen LogP contribution in [-0.2, 0) is 6.42 Å². The number of hydrogen-bond acceptors (Lipinski definition) is 3. The fourth-order valence-electron chi connectivity index (χ4n) is 2.37. The maximum atomic E-state index is 4.46. The molecular weight excluding hydrogens is 326 g/mol. The van der Waals surface area contributed by atoms with E-state index in [9.17, 15) is 0 Å². The Morgan fingerprint density at radius 2 is 1.86 bits per heavy atom. The van der Waals surface area contributed by atoms with Gasteiger partial charge in [-0.2, -0.15) is 0 Å². The summed E-state index contributed by atoms with van der Waals surface area (Å²) < 4.78 is 1.07. The summed E-state index contributed by atoms with van der Waals surface area (Å²) >= 11 is 3.61. The topological polar surface area (TPSA) is 37.8 Å². The zero-order valence-electron chi connectivity index (χ0n) is 11.6. The molecule has 3 rings (SSSR count). The highest BCUT2D eigenvalue weighted by Crippen LogP contribution is 2.28. The van der Waals surface area contributed by atoms with Crippen molar-refractivity contribution in [1.82, 2.24) is 9.97 Å². The van der Waals surface area contributed by atoms with Gasteiger partial charge in [-0.1, -0.05) is 28.1 Å². The van der Waals surface area contributed by atoms with Gasteiger partial charge in [0.1, 0.15) is 5.82 Å². The first kappa shape index (κ1) is 14.0. The summed E-state index contributed by atoms with van der Waals surface area (Å²) in [6, 6.07) is 12.3. The van der Waals surface area contributed by atoms with E-state index in [2.05, 4.69) is 49.4 Å². The Morgan fingerprint density at radius 3 is 2.71 bits per heavy atom. The van der Waals surface area contributed by atoms with Crippen LogP contribution >= 0.6 is 15.9 Å². The molecule has 2 aromatic heterocycles. The molecule has 3 aromatic rings. The first-order chi connectivity index (χ1) is 10.3. The second-order valence-electron chi connectivity index (χ2n) is 4.88. The minimum atomic E-state index is 0.899. The molecule has 0 fully saturated rings. The lowest BCUT2D eigenvalue weighted by Crippen LogP contribution is -2.05. The summed E-state index contributed by atoms with van der Waals surface area (Å²) in [6.45, 7) is 0.899. The van der Waals surface area contributed by atoms with E-state index >= 15 is 0 Å². The van der Waals surface area contributed by atoms with Gasteiger partial charge >= 0.3 is 0 Å². The van der Waals surface area contributed by atoms with Crippen LogP contribution in [0.2, 0.25) is 0 Å². The number of rotatable bonds is 5. The van der Waals surface area contributed by atoms with E-state index in [-0.39, 0.29) is 0 Å². The van der Waals surface area contributed by atoms with E-state index in [1.807, 2.05) is 36.8 Å². The van der Waals surface area contributed by atoms with Crippen LogP contribution in [0.5, 0.6) is 0 Å². The summed E-state index contributed by atoms with van der Waals surface area (Å²) in [4.78, 5) is 8.50. The first-order valence-corrected chi connectivity index (χ1v) is 7.80. The monoisotopic (exact) mass is 341 g/mol. The van der Waals surface area contributed by atoms with Gasteiger partial charge in [-0.15, -0.1) is 0 Å². The smallest absolute Gasteiger partial charge is 0.134 e. The lowest BCUT2D eigenvalue weighted by atomic mass is 10.1. The van der Waals surface area contributed by atoms with Gasteiger partial charge in [-0.3, -0.25) is 4.98 Å². The molecule has 0 amide bonds. The zero-order valence-corrected chi connectivity index (χ0v) is 13.2. The number of fused-ring (bicyclic) bond motifs is 1. The van der Waals surface area contributed by atoms with Crippen LogP contribution in [0.3, 0.4) is 0 Å². The van der Waals surface area contributed by atoms with Crippen LogP contribution in [-0.4, -0.2) is 16.5 Å². The number of halogens is 1. The zero-order chi connectivity index (χ0) is 14.5. The molecule has 0 spiro atoms. The molecule has 0 unspecified atom stereocenters. The van der Waals surface area contributed by atoms with Crippen molar-refractivity contribution in [3.05, 3.63) is 65.0 Å². The van der Waals surface area contributed by atoms with Crippen molar-refractivity contribution in [2.75, 3.05) is 11.9 Å². The van der Waals surface area contributed by atoms with E-state index in [0.29, 0.717) is 0 Å². The number of aromatic nitrogens is 2. The van der Waals surface area contributed by atoms with Gasteiger partial charge in [0.25, 0.3) is 0 Å². The molecule has 0 aliphatic carbocycles. The van der Waals surface area contributed by atoms with Crippen LogP contribution in [0.15, 0.2) is 59.5 Å². The number of aryl methyl sites for hydroxylation is 1. The van der Waals surface area contributed by atoms with Gasteiger partial charge in [-0.05, 0) is 48.1 Å². The van der Waals surface area contributed by atoms with Gasteiger partial charge in [-0.25, -0.2) is 4.98 Å². The third kappa shape index (κ3) is 3.39. The summed E-state index contributed by atoms with van der Waals surface area (Å²) in [5.74, 6) is 0.940. The minimum Gasteiger partial charge on any atom is -0.370 e. The van der Waals surface area contributed by atoms with Crippen LogP contribution in [0.4, 0.5) is 5.82 Å². The molecule has 0 bridgehead atoms. The van der Waals surface area contributed by atoms with Crippen molar-refractivity contribution in [1.29, 1.82) is 0 Å². The molecular formula is C17H16BrN3. The van der Waals surface area contributed by atoms with Gasteiger partial charge in [0.15, 0.2) is 0 Å². The molecule has 0 saturated carbocycles. The van der Waals surface area contributed by atoms with E-state index in [4.69, 9.17) is 0 Å². The molecule has 2 heterocycles. The Balaban J connectivity index is 1.66. The van der Waals surface area contributed by atoms with Crippen molar-refractivity contribution < 1.29 is 0 Å². The van der Waals surface area contributed by atoms with Crippen molar-refractivity contribution in [2.24, 2.45) is 0 Å². The first-order valence-electron chi connectivity index (χ1n) is 7.00. The third-order valence-electron chi connectivity index (χ3n) is 3.42. The normalized spacial score (nSPS) is 10.7. The number of nitrogens with one attached hydrogen (secondary N) is 1. The highest BCUT2D eigenvalue weighted by atomic mass is 79.9. The largest absolute Gasteiger partial charge is 0.370 e. The molecule has 0 aliphatic rings. The van der Waals surface area contributed by atoms with Crippen LogP contribution in [0.1, 0.15) is 12.0 Å². The van der Waals surface area contributed by atoms with Crippen LogP contribution in [0.25, 0.3) is 10.8 Å². The molecule has 106 valence electrons. The molecule has 1 N–H and O–H groups in total. The molecule has 21 heavy (non-hydrogen) atoms. The summed E-state index contributed by atoms with van der Waals surface area (Å²) in [5, 5.41) is 5.78. The lowest BCUT2D eigenvalue weighted by molar-refractivity contribution is 0.858. The van der Waals surface area contributed by atoms with Crippen molar-refractivity contribution >= 4 is 32.5 Å². The molecule has 0 aliphatic heterocycles. The van der Waals surface area contributed by atoms with Crippen molar-refractivity contribution in [3.8, 4) is 0 Å².